The first-order valence-electron chi connectivity index (χ1n) is 10.2. The first-order chi connectivity index (χ1) is 14.8. The number of rotatable bonds is 6. The summed E-state index contributed by atoms with van der Waals surface area (Å²) in [5.74, 6) is -0.458. The molecule has 1 aliphatic rings. The van der Waals surface area contributed by atoms with Gasteiger partial charge >= 0.3 is 0 Å². The van der Waals surface area contributed by atoms with E-state index in [0.717, 1.165) is 16.7 Å². The zero-order chi connectivity index (χ0) is 22.7. The zero-order valence-electron chi connectivity index (χ0n) is 18.3. The summed E-state index contributed by atoms with van der Waals surface area (Å²) in [6.07, 6.45) is 0. The standard InChI is InChI=1S/C24H28N4O3/c1-26(2)14-22(30)28-20(13-25)23(21(28)15-29)17-10-8-16(9-11-17)18-6-5-7-19(12-18)24(31)27(3)4/h5-12,20-21,23,29H,14-15H2,1-4H3/t20-,21+,23+/m0/s1. The third kappa shape index (κ3) is 4.46. The lowest BCUT2D eigenvalue weighted by molar-refractivity contribution is -0.147. The Morgan fingerprint density at radius 3 is 2.29 bits per heavy atom. The molecule has 2 aromatic rings. The van der Waals surface area contributed by atoms with Crippen LogP contribution < -0.4 is 0 Å². The third-order valence-electron chi connectivity index (χ3n) is 5.62. The number of hydrogen-bond donors (Lipinski definition) is 1. The SMILES string of the molecule is CN(C)CC(=O)N1[C@H](CO)[C@H](c2ccc(-c3cccc(C(=O)N(C)C)c3)cc2)[C@@H]1C#N. The third-order valence-corrected chi connectivity index (χ3v) is 5.62. The largest absolute Gasteiger partial charge is 0.394 e. The van der Waals surface area contributed by atoms with Crippen LogP contribution in [-0.2, 0) is 4.79 Å². The van der Waals surface area contributed by atoms with Crippen LogP contribution in [0, 0.1) is 11.3 Å². The summed E-state index contributed by atoms with van der Waals surface area (Å²) in [6.45, 7) is 0.000800. The van der Waals surface area contributed by atoms with E-state index in [1.165, 1.54) is 4.90 Å². The van der Waals surface area contributed by atoms with Crippen molar-refractivity contribution in [3.8, 4) is 17.2 Å². The molecule has 0 spiro atoms. The maximum Gasteiger partial charge on any atom is 0.253 e. The first-order valence-corrected chi connectivity index (χ1v) is 10.2. The highest BCUT2D eigenvalue weighted by Crippen LogP contribution is 2.41. The summed E-state index contributed by atoms with van der Waals surface area (Å²) < 4.78 is 0. The fraction of sp³-hybridized carbons (Fsp3) is 0.375. The normalized spacial score (nSPS) is 20.2. The monoisotopic (exact) mass is 420 g/mol. The van der Waals surface area contributed by atoms with Crippen molar-refractivity contribution in [1.82, 2.24) is 14.7 Å². The molecule has 1 fully saturated rings. The molecule has 7 nitrogen and oxygen atoms in total. The molecular weight excluding hydrogens is 392 g/mol. The van der Waals surface area contributed by atoms with Crippen LogP contribution in [0.1, 0.15) is 21.8 Å². The molecule has 0 aromatic heterocycles. The molecule has 0 radical (unpaired) electrons. The van der Waals surface area contributed by atoms with E-state index in [2.05, 4.69) is 6.07 Å². The van der Waals surface area contributed by atoms with E-state index in [9.17, 15) is 20.0 Å². The van der Waals surface area contributed by atoms with Gasteiger partial charge in [0.25, 0.3) is 5.91 Å². The molecule has 2 amide bonds. The maximum absolute atomic E-state index is 12.5. The van der Waals surface area contributed by atoms with E-state index < -0.39 is 12.1 Å². The van der Waals surface area contributed by atoms with Crippen LogP contribution in [0.4, 0.5) is 0 Å². The molecule has 1 aliphatic heterocycles. The second-order valence-electron chi connectivity index (χ2n) is 8.29. The minimum absolute atomic E-state index is 0.0573. The number of benzene rings is 2. The number of likely N-dealkylation sites (tertiary alicyclic amines) is 1. The van der Waals surface area contributed by atoms with Crippen molar-refractivity contribution in [3.63, 3.8) is 0 Å². The van der Waals surface area contributed by atoms with Gasteiger partial charge in [0.1, 0.15) is 6.04 Å². The number of amides is 2. The van der Waals surface area contributed by atoms with Crippen molar-refractivity contribution in [2.45, 2.75) is 18.0 Å². The minimum atomic E-state index is -0.600. The highest BCUT2D eigenvalue weighted by molar-refractivity contribution is 5.95. The highest BCUT2D eigenvalue weighted by Gasteiger charge is 2.51. The number of nitriles is 1. The summed E-state index contributed by atoms with van der Waals surface area (Å²) in [4.78, 5) is 29.5. The topological polar surface area (TPSA) is 87.9 Å². The molecule has 0 aliphatic carbocycles. The Morgan fingerprint density at radius 2 is 1.74 bits per heavy atom. The van der Waals surface area contributed by atoms with Gasteiger partial charge in [-0.2, -0.15) is 5.26 Å². The van der Waals surface area contributed by atoms with Gasteiger partial charge in [0.05, 0.1) is 25.3 Å². The zero-order valence-corrected chi connectivity index (χ0v) is 18.3. The Hall–Kier alpha value is -3.21. The summed E-state index contributed by atoms with van der Waals surface area (Å²) >= 11 is 0. The Morgan fingerprint density at radius 1 is 1.06 bits per heavy atom. The average Bonchev–Trinajstić information content (AvgIpc) is 2.73. The van der Waals surface area contributed by atoms with Crippen molar-refractivity contribution < 1.29 is 14.7 Å². The van der Waals surface area contributed by atoms with Gasteiger partial charge in [-0.1, -0.05) is 36.4 Å². The van der Waals surface area contributed by atoms with Gasteiger partial charge in [0.15, 0.2) is 0 Å². The molecule has 0 unspecified atom stereocenters. The quantitative estimate of drug-likeness (QED) is 0.770. The van der Waals surface area contributed by atoms with E-state index in [0.29, 0.717) is 5.56 Å². The fourth-order valence-corrected chi connectivity index (χ4v) is 4.09. The van der Waals surface area contributed by atoms with Gasteiger partial charge in [-0.25, -0.2) is 0 Å². The lowest BCUT2D eigenvalue weighted by atomic mass is 9.75. The Balaban J connectivity index is 1.83. The summed E-state index contributed by atoms with van der Waals surface area (Å²) in [5, 5.41) is 19.6. The van der Waals surface area contributed by atoms with E-state index in [1.807, 2.05) is 42.5 Å². The number of carbonyl (C=O) groups excluding carboxylic acids is 2. The lowest BCUT2D eigenvalue weighted by Crippen LogP contribution is -2.66. The van der Waals surface area contributed by atoms with Crippen LogP contribution in [0.3, 0.4) is 0 Å². The Labute approximate surface area is 183 Å². The van der Waals surface area contributed by atoms with Crippen molar-refractivity contribution >= 4 is 11.8 Å². The summed E-state index contributed by atoms with van der Waals surface area (Å²) in [6, 6.07) is 16.4. The number of aliphatic hydroxyl groups is 1. The van der Waals surface area contributed by atoms with Crippen LogP contribution >= 0.6 is 0 Å². The first kappa shape index (κ1) is 22.5. The fourth-order valence-electron chi connectivity index (χ4n) is 4.09. The average molecular weight is 421 g/mol. The predicted octanol–water partition coefficient (Wildman–Crippen LogP) is 1.80. The van der Waals surface area contributed by atoms with Crippen molar-refractivity contribution in [3.05, 3.63) is 59.7 Å². The van der Waals surface area contributed by atoms with Crippen molar-refractivity contribution in [2.75, 3.05) is 41.3 Å². The molecule has 1 heterocycles. The van der Waals surface area contributed by atoms with Crippen molar-refractivity contribution in [1.29, 1.82) is 5.26 Å². The molecule has 162 valence electrons. The number of hydrogen-bond acceptors (Lipinski definition) is 5. The molecule has 3 rings (SSSR count). The molecular formula is C24H28N4O3. The highest BCUT2D eigenvalue weighted by atomic mass is 16.3. The Bertz CT molecular complexity index is 995. The lowest BCUT2D eigenvalue weighted by Gasteiger charge is -2.51. The van der Waals surface area contributed by atoms with Gasteiger partial charge in [0.2, 0.25) is 5.91 Å². The molecule has 31 heavy (non-hydrogen) atoms. The van der Waals surface area contributed by atoms with Crippen molar-refractivity contribution in [2.24, 2.45) is 0 Å². The molecule has 0 saturated carbocycles. The summed E-state index contributed by atoms with van der Waals surface area (Å²) in [7, 11) is 7.03. The van der Waals surface area contributed by atoms with E-state index in [1.54, 1.807) is 44.1 Å². The molecule has 7 heteroatoms. The second kappa shape index (κ2) is 9.29. The van der Waals surface area contributed by atoms with Crippen LogP contribution in [0.2, 0.25) is 0 Å². The van der Waals surface area contributed by atoms with Gasteiger partial charge in [-0.3, -0.25) is 9.59 Å². The molecule has 0 bridgehead atoms. The van der Waals surface area contributed by atoms with Crippen LogP contribution in [0.5, 0.6) is 0 Å². The number of aliphatic hydroxyl groups excluding tert-OH is 1. The summed E-state index contributed by atoms with van der Waals surface area (Å²) in [5.41, 5.74) is 3.39. The smallest absolute Gasteiger partial charge is 0.253 e. The molecule has 2 aromatic carbocycles. The molecule has 3 atom stereocenters. The molecule has 1 saturated heterocycles. The van der Waals surface area contributed by atoms with Crippen LogP contribution in [-0.4, -0.2) is 85.0 Å². The second-order valence-corrected chi connectivity index (χ2v) is 8.29. The van der Waals surface area contributed by atoms with E-state index >= 15 is 0 Å². The van der Waals surface area contributed by atoms with Crippen LogP contribution in [0.25, 0.3) is 11.1 Å². The van der Waals surface area contributed by atoms with Gasteiger partial charge in [0, 0.05) is 25.6 Å². The molecule has 1 N–H and O–H groups in total. The predicted molar refractivity (Wildman–Crippen MR) is 118 cm³/mol. The minimum Gasteiger partial charge on any atom is -0.394 e. The van der Waals surface area contributed by atoms with Gasteiger partial charge in [-0.15, -0.1) is 0 Å². The van der Waals surface area contributed by atoms with E-state index in [-0.39, 0.29) is 30.9 Å². The number of carbonyl (C=O) groups is 2. The van der Waals surface area contributed by atoms with E-state index in [4.69, 9.17) is 0 Å². The maximum atomic E-state index is 12.5. The van der Waals surface area contributed by atoms with Gasteiger partial charge in [-0.05, 0) is 42.9 Å². The number of likely N-dealkylation sites (N-methyl/N-ethyl adjacent to an activating group) is 1. The van der Waals surface area contributed by atoms with Crippen LogP contribution in [0.15, 0.2) is 48.5 Å². The van der Waals surface area contributed by atoms with Gasteiger partial charge < -0.3 is 19.8 Å². The number of nitrogens with zero attached hydrogens (tertiary/aromatic N) is 4. The Kier molecular flexibility index (Phi) is 6.74.